The van der Waals surface area contributed by atoms with Crippen molar-refractivity contribution < 1.29 is 4.74 Å². The number of nitrogens with one attached hydrogen (secondary N) is 1. The second kappa shape index (κ2) is 10.8. The van der Waals surface area contributed by atoms with E-state index in [2.05, 4.69) is 50.4 Å². The maximum atomic E-state index is 5.03. The first-order chi connectivity index (χ1) is 10.1. The molecule has 1 atom stereocenters. The Morgan fingerprint density at radius 3 is 2.24 bits per heavy atom. The smallest absolute Gasteiger partial charge is 0.0587 e. The number of ether oxygens (including phenoxy) is 1. The lowest BCUT2D eigenvalue weighted by Crippen LogP contribution is -2.21. The van der Waals surface area contributed by atoms with E-state index < -0.39 is 0 Å². The summed E-state index contributed by atoms with van der Waals surface area (Å²) in [6.07, 6.45) is 4.90. The number of benzene rings is 1. The molecule has 0 radical (unpaired) electrons. The third-order valence-corrected chi connectivity index (χ3v) is 3.89. The minimum Gasteiger partial charge on any atom is -0.383 e. The standard InChI is InChI=1S/C19H33NO/c1-16(2)15-19-9-7-18(8-10-19)6-5-17(3)11-12-20-13-14-21-4/h7-10,16-17,20H,5-6,11-15H2,1-4H3. The number of aryl methyl sites for hydroxylation is 1. The number of rotatable bonds is 11. The van der Waals surface area contributed by atoms with Gasteiger partial charge in [-0.2, -0.15) is 0 Å². The molecule has 21 heavy (non-hydrogen) atoms. The zero-order chi connectivity index (χ0) is 15.5. The molecule has 1 N–H and O–H groups in total. The summed E-state index contributed by atoms with van der Waals surface area (Å²) < 4.78 is 5.03. The Balaban J connectivity index is 2.18. The summed E-state index contributed by atoms with van der Waals surface area (Å²) in [4.78, 5) is 0. The van der Waals surface area contributed by atoms with E-state index >= 15 is 0 Å². The van der Waals surface area contributed by atoms with E-state index in [9.17, 15) is 0 Å². The fraction of sp³-hybridized carbons (Fsp3) is 0.684. The summed E-state index contributed by atoms with van der Waals surface area (Å²) in [7, 11) is 1.75. The van der Waals surface area contributed by atoms with Gasteiger partial charge in [-0.05, 0) is 55.2 Å². The monoisotopic (exact) mass is 291 g/mol. The molecule has 2 heteroatoms. The first-order valence-electron chi connectivity index (χ1n) is 8.39. The molecule has 0 saturated heterocycles. The average Bonchev–Trinajstić information content (AvgIpc) is 2.46. The third kappa shape index (κ3) is 8.90. The zero-order valence-electron chi connectivity index (χ0n) is 14.3. The first-order valence-corrected chi connectivity index (χ1v) is 8.39. The SMILES string of the molecule is COCCNCCC(C)CCc1ccc(CC(C)C)cc1. The molecule has 0 fully saturated rings. The highest BCUT2D eigenvalue weighted by molar-refractivity contribution is 5.22. The van der Waals surface area contributed by atoms with E-state index in [1.165, 1.54) is 36.8 Å². The van der Waals surface area contributed by atoms with E-state index in [1.54, 1.807) is 7.11 Å². The predicted octanol–water partition coefficient (Wildman–Crippen LogP) is 4.08. The molecule has 0 aromatic heterocycles. The minimum absolute atomic E-state index is 0.737. The lowest BCUT2D eigenvalue weighted by atomic mass is 9.96. The van der Waals surface area contributed by atoms with Crippen LogP contribution in [0.4, 0.5) is 0 Å². The van der Waals surface area contributed by atoms with Crippen molar-refractivity contribution in [3.63, 3.8) is 0 Å². The third-order valence-electron chi connectivity index (χ3n) is 3.89. The van der Waals surface area contributed by atoms with Gasteiger partial charge in [0.05, 0.1) is 6.61 Å². The molecule has 0 aliphatic heterocycles. The van der Waals surface area contributed by atoms with E-state index in [1.807, 2.05) is 0 Å². The summed E-state index contributed by atoms with van der Waals surface area (Å²) in [5.41, 5.74) is 2.94. The molecule has 0 heterocycles. The largest absolute Gasteiger partial charge is 0.383 e. The normalized spacial score (nSPS) is 12.8. The molecule has 1 aromatic rings. The van der Waals surface area contributed by atoms with E-state index in [-0.39, 0.29) is 0 Å². The second-order valence-corrected chi connectivity index (χ2v) is 6.59. The van der Waals surface area contributed by atoms with Crippen molar-refractivity contribution in [3.8, 4) is 0 Å². The van der Waals surface area contributed by atoms with Gasteiger partial charge in [0.15, 0.2) is 0 Å². The summed E-state index contributed by atoms with van der Waals surface area (Å²) in [6, 6.07) is 9.21. The predicted molar refractivity (Wildman–Crippen MR) is 91.8 cm³/mol. The van der Waals surface area contributed by atoms with Crippen LogP contribution < -0.4 is 5.32 Å². The molecule has 0 saturated carbocycles. The highest BCUT2D eigenvalue weighted by Crippen LogP contribution is 2.14. The van der Waals surface area contributed by atoms with Crippen molar-refractivity contribution in [1.29, 1.82) is 0 Å². The van der Waals surface area contributed by atoms with E-state index in [0.717, 1.165) is 31.5 Å². The van der Waals surface area contributed by atoms with Gasteiger partial charge in [-0.25, -0.2) is 0 Å². The van der Waals surface area contributed by atoms with Crippen molar-refractivity contribution in [2.75, 3.05) is 26.8 Å². The first kappa shape index (κ1) is 18.2. The van der Waals surface area contributed by atoms with Crippen molar-refractivity contribution >= 4 is 0 Å². The Hall–Kier alpha value is -0.860. The molecule has 120 valence electrons. The molecule has 1 aromatic carbocycles. The summed E-state index contributed by atoms with van der Waals surface area (Å²) >= 11 is 0. The summed E-state index contributed by atoms with van der Waals surface area (Å²) in [6.45, 7) is 9.76. The zero-order valence-corrected chi connectivity index (χ0v) is 14.3. The van der Waals surface area contributed by atoms with E-state index in [4.69, 9.17) is 4.74 Å². The Bertz CT molecular complexity index is 358. The fourth-order valence-corrected chi connectivity index (χ4v) is 2.52. The second-order valence-electron chi connectivity index (χ2n) is 6.59. The van der Waals surface area contributed by atoms with Crippen molar-refractivity contribution in [3.05, 3.63) is 35.4 Å². The maximum Gasteiger partial charge on any atom is 0.0587 e. The van der Waals surface area contributed by atoms with Gasteiger partial charge in [-0.3, -0.25) is 0 Å². The Labute approximate surface area is 131 Å². The molecule has 0 amide bonds. The molecule has 0 bridgehead atoms. The average molecular weight is 291 g/mol. The van der Waals surface area contributed by atoms with Crippen molar-refractivity contribution in [1.82, 2.24) is 5.32 Å². The summed E-state index contributed by atoms with van der Waals surface area (Å²) in [5, 5.41) is 3.42. The molecule has 2 nitrogen and oxygen atoms in total. The van der Waals surface area contributed by atoms with Gasteiger partial charge in [0.2, 0.25) is 0 Å². The van der Waals surface area contributed by atoms with Crippen molar-refractivity contribution in [2.24, 2.45) is 11.8 Å². The van der Waals surface area contributed by atoms with Crippen LogP contribution in [0.1, 0.15) is 44.7 Å². The van der Waals surface area contributed by atoms with Gasteiger partial charge in [0.25, 0.3) is 0 Å². The van der Waals surface area contributed by atoms with Gasteiger partial charge in [0, 0.05) is 13.7 Å². The Morgan fingerprint density at radius 1 is 0.952 bits per heavy atom. The van der Waals surface area contributed by atoms with Gasteiger partial charge in [-0.15, -0.1) is 0 Å². The van der Waals surface area contributed by atoms with Gasteiger partial charge < -0.3 is 10.1 Å². The van der Waals surface area contributed by atoms with Crippen LogP contribution in [0.15, 0.2) is 24.3 Å². The van der Waals surface area contributed by atoms with Crippen molar-refractivity contribution in [2.45, 2.75) is 46.5 Å². The molecular weight excluding hydrogens is 258 g/mol. The van der Waals surface area contributed by atoms with Gasteiger partial charge >= 0.3 is 0 Å². The number of methoxy groups -OCH3 is 1. The minimum atomic E-state index is 0.737. The highest BCUT2D eigenvalue weighted by atomic mass is 16.5. The van der Waals surface area contributed by atoms with Crippen LogP contribution in [0, 0.1) is 11.8 Å². The molecule has 0 aliphatic carbocycles. The van der Waals surface area contributed by atoms with Crippen LogP contribution in [-0.2, 0) is 17.6 Å². The van der Waals surface area contributed by atoms with Crippen LogP contribution in [0.3, 0.4) is 0 Å². The van der Waals surface area contributed by atoms with Crippen LogP contribution >= 0.6 is 0 Å². The molecule has 1 unspecified atom stereocenters. The fourth-order valence-electron chi connectivity index (χ4n) is 2.52. The van der Waals surface area contributed by atoms with E-state index in [0.29, 0.717) is 0 Å². The molecule has 0 spiro atoms. The quantitative estimate of drug-likeness (QED) is 0.620. The lowest BCUT2D eigenvalue weighted by Gasteiger charge is -2.12. The number of hydrogen-bond acceptors (Lipinski definition) is 2. The van der Waals surface area contributed by atoms with Crippen LogP contribution in [0.25, 0.3) is 0 Å². The number of hydrogen-bond donors (Lipinski definition) is 1. The topological polar surface area (TPSA) is 21.3 Å². The van der Waals surface area contributed by atoms with Crippen LogP contribution in [-0.4, -0.2) is 26.8 Å². The highest BCUT2D eigenvalue weighted by Gasteiger charge is 2.03. The van der Waals surface area contributed by atoms with Crippen LogP contribution in [0.2, 0.25) is 0 Å². The Kier molecular flexibility index (Phi) is 9.36. The molecule has 0 aliphatic rings. The van der Waals surface area contributed by atoms with Gasteiger partial charge in [0.1, 0.15) is 0 Å². The van der Waals surface area contributed by atoms with Crippen LogP contribution in [0.5, 0.6) is 0 Å². The molecular formula is C19H33NO. The summed E-state index contributed by atoms with van der Waals surface area (Å²) in [5.74, 6) is 1.51. The molecule has 1 rings (SSSR count). The van der Waals surface area contributed by atoms with Gasteiger partial charge in [-0.1, -0.05) is 45.0 Å². The lowest BCUT2D eigenvalue weighted by molar-refractivity contribution is 0.199. The Morgan fingerprint density at radius 2 is 1.62 bits per heavy atom. The maximum absolute atomic E-state index is 5.03.